The van der Waals surface area contributed by atoms with E-state index in [4.69, 9.17) is 10.5 Å². The van der Waals surface area contributed by atoms with Crippen LogP contribution in [0, 0.1) is 0 Å². The molecule has 0 spiro atoms. The zero-order chi connectivity index (χ0) is 14.5. The van der Waals surface area contributed by atoms with E-state index in [-0.39, 0.29) is 6.10 Å². The molecule has 0 amide bonds. The highest BCUT2D eigenvalue weighted by Crippen LogP contribution is 2.24. The second-order valence-corrected chi connectivity index (χ2v) is 5.16. The van der Waals surface area contributed by atoms with Crippen molar-refractivity contribution in [1.82, 2.24) is 9.97 Å². The first-order valence-electron chi connectivity index (χ1n) is 6.54. The molecule has 5 heteroatoms. The average Bonchev–Trinajstić information content (AvgIpc) is 2.47. The minimum atomic E-state index is 0.103. The maximum Gasteiger partial charge on any atom is 0.189 e. The van der Waals surface area contributed by atoms with Gasteiger partial charge in [-0.2, -0.15) is 0 Å². The molecule has 0 fully saturated rings. The predicted octanol–water partition coefficient (Wildman–Crippen LogP) is 3.55. The third kappa shape index (κ3) is 3.49. The number of hydrogen-bond donors (Lipinski definition) is 1. The molecule has 0 saturated carbocycles. The molecular formula is C15H19N3OS. The van der Waals surface area contributed by atoms with Crippen molar-refractivity contribution in [3.05, 3.63) is 35.9 Å². The summed E-state index contributed by atoms with van der Waals surface area (Å²) in [6, 6.07) is 9.99. The van der Waals surface area contributed by atoms with Crippen LogP contribution in [0.2, 0.25) is 0 Å². The first-order valence-corrected chi connectivity index (χ1v) is 7.77. The third-order valence-corrected chi connectivity index (χ3v) is 3.55. The van der Waals surface area contributed by atoms with Gasteiger partial charge >= 0.3 is 0 Å². The van der Waals surface area contributed by atoms with E-state index in [1.807, 2.05) is 32.2 Å². The minimum Gasteiger partial charge on any atom is -0.384 e. The molecule has 1 aromatic heterocycles. The minimum absolute atomic E-state index is 0.103. The predicted molar refractivity (Wildman–Crippen MR) is 83.7 cm³/mol. The third-order valence-electron chi connectivity index (χ3n) is 3.00. The summed E-state index contributed by atoms with van der Waals surface area (Å²) in [5.74, 6) is 0.492. The van der Waals surface area contributed by atoms with Gasteiger partial charge in [-0.25, -0.2) is 9.97 Å². The van der Waals surface area contributed by atoms with Crippen LogP contribution < -0.4 is 5.73 Å². The van der Waals surface area contributed by atoms with Gasteiger partial charge in [0.25, 0.3) is 0 Å². The number of thioether (sulfide) groups is 1. The van der Waals surface area contributed by atoms with Gasteiger partial charge in [-0.3, -0.25) is 0 Å². The number of benzene rings is 1. The highest BCUT2D eigenvalue weighted by molar-refractivity contribution is 7.98. The molecule has 2 rings (SSSR count). The molecule has 0 radical (unpaired) electrons. The van der Waals surface area contributed by atoms with E-state index in [1.165, 1.54) is 11.8 Å². The Balaban J connectivity index is 2.28. The highest BCUT2D eigenvalue weighted by atomic mass is 32.2. The van der Waals surface area contributed by atoms with E-state index in [0.717, 1.165) is 16.8 Å². The Morgan fingerprint density at radius 3 is 2.55 bits per heavy atom. The Bertz CT molecular complexity index is 572. The summed E-state index contributed by atoms with van der Waals surface area (Å²) >= 11 is 1.48. The summed E-state index contributed by atoms with van der Waals surface area (Å²) in [4.78, 5) is 8.63. The van der Waals surface area contributed by atoms with Crippen molar-refractivity contribution in [3.8, 4) is 11.3 Å². The van der Waals surface area contributed by atoms with E-state index in [0.29, 0.717) is 17.6 Å². The molecule has 2 N–H and O–H groups in total. The van der Waals surface area contributed by atoms with Crippen LogP contribution in [0.15, 0.2) is 35.5 Å². The number of nitrogens with two attached hydrogens (primary N) is 1. The molecule has 0 saturated heterocycles. The second kappa shape index (κ2) is 6.72. The number of hydrogen-bond acceptors (Lipinski definition) is 5. The molecule has 4 nitrogen and oxygen atoms in total. The quantitative estimate of drug-likeness (QED) is 0.674. The highest BCUT2D eigenvalue weighted by Gasteiger charge is 2.07. The molecule has 0 unspecified atom stereocenters. The van der Waals surface area contributed by atoms with Gasteiger partial charge in [-0.1, -0.05) is 36.0 Å². The Kier molecular flexibility index (Phi) is 4.98. The van der Waals surface area contributed by atoms with E-state index < -0.39 is 0 Å². The maximum atomic E-state index is 5.81. The fourth-order valence-electron chi connectivity index (χ4n) is 1.95. The van der Waals surface area contributed by atoms with Gasteiger partial charge < -0.3 is 10.5 Å². The standard InChI is InChI=1S/C15H19N3OS/c1-4-19-10(2)11-5-7-12(8-6-11)13-9-14(16)18-15(17-13)20-3/h5-10H,4H2,1-3H3,(H2,16,17,18)/t10-/m0/s1. The van der Waals surface area contributed by atoms with Crippen LogP contribution in [0.5, 0.6) is 0 Å². The van der Waals surface area contributed by atoms with Crippen LogP contribution in [0.1, 0.15) is 25.5 Å². The van der Waals surface area contributed by atoms with Crippen molar-refractivity contribution in [1.29, 1.82) is 0 Å². The van der Waals surface area contributed by atoms with Crippen LogP contribution in [0.25, 0.3) is 11.3 Å². The van der Waals surface area contributed by atoms with Gasteiger partial charge in [0.1, 0.15) is 5.82 Å². The average molecular weight is 289 g/mol. The van der Waals surface area contributed by atoms with Crippen molar-refractivity contribution < 1.29 is 4.74 Å². The lowest BCUT2D eigenvalue weighted by Crippen LogP contribution is -1.99. The topological polar surface area (TPSA) is 61.0 Å². The van der Waals surface area contributed by atoms with Crippen molar-refractivity contribution in [2.45, 2.75) is 25.1 Å². The molecule has 1 atom stereocenters. The van der Waals surface area contributed by atoms with E-state index in [2.05, 4.69) is 22.1 Å². The van der Waals surface area contributed by atoms with Crippen molar-refractivity contribution >= 4 is 17.6 Å². The fourth-order valence-corrected chi connectivity index (χ4v) is 2.34. The Morgan fingerprint density at radius 2 is 1.95 bits per heavy atom. The fraction of sp³-hybridized carbons (Fsp3) is 0.333. The van der Waals surface area contributed by atoms with Gasteiger partial charge in [0.2, 0.25) is 0 Å². The van der Waals surface area contributed by atoms with Gasteiger partial charge in [-0.15, -0.1) is 0 Å². The van der Waals surface area contributed by atoms with Gasteiger partial charge in [0.15, 0.2) is 5.16 Å². The molecule has 0 bridgehead atoms. The molecule has 2 aromatic rings. The maximum absolute atomic E-state index is 5.81. The lowest BCUT2D eigenvalue weighted by Gasteiger charge is -2.12. The molecule has 0 aliphatic heterocycles. The molecule has 20 heavy (non-hydrogen) atoms. The van der Waals surface area contributed by atoms with Crippen LogP contribution in [0.3, 0.4) is 0 Å². The van der Waals surface area contributed by atoms with Gasteiger partial charge in [0, 0.05) is 18.2 Å². The zero-order valence-corrected chi connectivity index (χ0v) is 12.8. The number of rotatable bonds is 5. The monoisotopic (exact) mass is 289 g/mol. The van der Waals surface area contributed by atoms with Gasteiger partial charge in [0.05, 0.1) is 11.8 Å². The lowest BCUT2D eigenvalue weighted by atomic mass is 10.1. The Morgan fingerprint density at radius 1 is 1.25 bits per heavy atom. The second-order valence-electron chi connectivity index (χ2n) is 4.38. The van der Waals surface area contributed by atoms with Crippen molar-refractivity contribution in [2.24, 2.45) is 0 Å². The van der Waals surface area contributed by atoms with Crippen LogP contribution in [0.4, 0.5) is 5.82 Å². The van der Waals surface area contributed by atoms with E-state index >= 15 is 0 Å². The number of aromatic nitrogens is 2. The first kappa shape index (κ1) is 14.8. The Labute approximate surface area is 123 Å². The van der Waals surface area contributed by atoms with Crippen LogP contribution >= 0.6 is 11.8 Å². The van der Waals surface area contributed by atoms with Crippen molar-refractivity contribution in [3.63, 3.8) is 0 Å². The van der Waals surface area contributed by atoms with Crippen molar-refractivity contribution in [2.75, 3.05) is 18.6 Å². The number of nitrogens with zero attached hydrogens (tertiary/aromatic N) is 2. The number of nitrogen functional groups attached to an aromatic ring is 1. The lowest BCUT2D eigenvalue weighted by molar-refractivity contribution is 0.0764. The van der Waals surface area contributed by atoms with E-state index in [1.54, 1.807) is 6.07 Å². The molecule has 0 aliphatic rings. The normalized spacial score (nSPS) is 12.3. The molecule has 1 aromatic carbocycles. The summed E-state index contributed by atoms with van der Waals surface area (Å²) in [6.07, 6.45) is 2.04. The Hall–Kier alpha value is -1.59. The first-order chi connectivity index (χ1) is 9.63. The van der Waals surface area contributed by atoms with E-state index in [9.17, 15) is 0 Å². The molecule has 106 valence electrons. The SMILES string of the molecule is CCO[C@@H](C)c1ccc(-c2cc(N)nc(SC)n2)cc1. The largest absolute Gasteiger partial charge is 0.384 e. The summed E-state index contributed by atoms with van der Waals surface area (Å²) in [5, 5.41) is 0.687. The van der Waals surface area contributed by atoms with Gasteiger partial charge in [-0.05, 0) is 25.7 Å². The zero-order valence-electron chi connectivity index (χ0n) is 12.0. The number of ether oxygens (including phenoxy) is 1. The summed E-state index contributed by atoms with van der Waals surface area (Å²) in [5.41, 5.74) is 8.84. The number of anilines is 1. The summed E-state index contributed by atoms with van der Waals surface area (Å²) < 4.78 is 5.58. The summed E-state index contributed by atoms with van der Waals surface area (Å²) in [7, 11) is 0. The van der Waals surface area contributed by atoms with Crippen LogP contribution in [-0.4, -0.2) is 22.8 Å². The van der Waals surface area contributed by atoms with Crippen LogP contribution in [-0.2, 0) is 4.74 Å². The molecular weight excluding hydrogens is 270 g/mol. The molecule has 0 aliphatic carbocycles. The smallest absolute Gasteiger partial charge is 0.189 e. The summed E-state index contributed by atoms with van der Waals surface area (Å²) in [6.45, 7) is 4.76. The molecule has 1 heterocycles.